The van der Waals surface area contributed by atoms with E-state index in [2.05, 4.69) is 21.3 Å². The van der Waals surface area contributed by atoms with E-state index >= 15 is 0 Å². The molecule has 1 aliphatic rings. The van der Waals surface area contributed by atoms with Crippen LogP contribution in [0.25, 0.3) is 0 Å². The van der Waals surface area contributed by atoms with E-state index in [1.807, 2.05) is 55.5 Å². The number of rotatable bonds is 10. The van der Waals surface area contributed by atoms with Crippen molar-refractivity contribution in [3.63, 3.8) is 0 Å². The second kappa shape index (κ2) is 14.2. The van der Waals surface area contributed by atoms with Gasteiger partial charge < -0.3 is 26.0 Å². The van der Waals surface area contributed by atoms with Crippen LogP contribution < -0.4 is 21.3 Å². The van der Waals surface area contributed by atoms with E-state index in [0.29, 0.717) is 6.54 Å². The quantitative estimate of drug-likeness (QED) is 0.243. The molecule has 0 heterocycles. The van der Waals surface area contributed by atoms with E-state index in [-0.39, 0.29) is 40.4 Å². The number of aryl methyl sites for hydroxylation is 2. The number of urea groups is 1. The first-order valence-corrected chi connectivity index (χ1v) is 14.3. The number of hydrogen-bond donors (Lipinski definition) is 4. The summed E-state index contributed by atoms with van der Waals surface area (Å²) >= 11 is 12.8. The van der Waals surface area contributed by atoms with Crippen LogP contribution >= 0.6 is 23.2 Å². The van der Waals surface area contributed by atoms with Crippen molar-refractivity contribution in [3.05, 3.63) is 104 Å². The van der Waals surface area contributed by atoms with Crippen LogP contribution in [0.1, 0.15) is 62.4 Å². The van der Waals surface area contributed by atoms with Crippen molar-refractivity contribution in [2.75, 3.05) is 13.2 Å². The van der Waals surface area contributed by atoms with Gasteiger partial charge in [-0.25, -0.2) is 9.59 Å². The van der Waals surface area contributed by atoms with Crippen LogP contribution in [-0.4, -0.2) is 43.0 Å². The summed E-state index contributed by atoms with van der Waals surface area (Å²) in [7, 11) is 0. The lowest BCUT2D eigenvalue weighted by Crippen LogP contribution is -2.51. The van der Waals surface area contributed by atoms with E-state index in [9.17, 15) is 19.2 Å². The second-order valence-corrected chi connectivity index (χ2v) is 10.7. The summed E-state index contributed by atoms with van der Waals surface area (Å²) in [6.07, 6.45) is 1.62. The predicted octanol–water partition coefficient (Wildman–Crippen LogP) is 4.88. The van der Waals surface area contributed by atoms with Crippen molar-refractivity contribution in [1.82, 2.24) is 21.3 Å². The highest BCUT2D eigenvalue weighted by Gasteiger charge is 2.28. The summed E-state index contributed by atoms with van der Waals surface area (Å²) in [4.78, 5) is 51.2. The van der Waals surface area contributed by atoms with Crippen molar-refractivity contribution in [3.8, 4) is 0 Å². The van der Waals surface area contributed by atoms with Crippen LogP contribution in [0.5, 0.6) is 0 Å². The number of halogens is 2. The van der Waals surface area contributed by atoms with Crippen molar-refractivity contribution in [2.24, 2.45) is 0 Å². The SMILES string of the molecule is CCOC(=O)[C@H](CNC(=O)N[C@@H]1CCc2ccccc21)NC(=O)c1c(Cl)cc(C(=O)NCc2cccc(C)c2)cc1Cl. The van der Waals surface area contributed by atoms with Gasteiger partial charge in [-0.1, -0.05) is 77.3 Å². The first-order valence-electron chi connectivity index (χ1n) is 13.6. The highest BCUT2D eigenvalue weighted by atomic mass is 35.5. The Balaban J connectivity index is 1.39. The Bertz CT molecular complexity index is 1470. The third-order valence-electron chi connectivity index (χ3n) is 6.85. The zero-order valence-electron chi connectivity index (χ0n) is 23.3. The summed E-state index contributed by atoms with van der Waals surface area (Å²) in [5.74, 6) is -1.92. The third-order valence-corrected chi connectivity index (χ3v) is 7.44. The van der Waals surface area contributed by atoms with Gasteiger partial charge in [0, 0.05) is 12.1 Å². The van der Waals surface area contributed by atoms with Crippen molar-refractivity contribution in [2.45, 2.75) is 45.3 Å². The molecule has 0 unspecified atom stereocenters. The molecule has 0 aliphatic heterocycles. The Labute approximate surface area is 254 Å². The zero-order valence-corrected chi connectivity index (χ0v) is 24.8. The number of nitrogens with one attached hydrogen (secondary N) is 4. The molecule has 0 radical (unpaired) electrons. The number of ether oxygens (including phenoxy) is 1. The average molecular weight is 612 g/mol. The normalized spacial score (nSPS) is 14.3. The highest BCUT2D eigenvalue weighted by molar-refractivity contribution is 6.40. The number of esters is 1. The average Bonchev–Trinajstić information content (AvgIpc) is 3.36. The minimum atomic E-state index is -1.22. The van der Waals surface area contributed by atoms with Gasteiger partial charge in [-0.2, -0.15) is 0 Å². The molecule has 0 spiro atoms. The second-order valence-electron chi connectivity index (χ2n) is 9.91. The highest BCUT2D eigenvalue weighted by Crippen LogP contribution is 2.30. The Morgan fingerprint density at radius 2 is 1.69 bits per heavy atom. The molecule has 4 N–H and O–H groups in total. The van der Waals surface area contributed by atoms with Gasteiger partial charge in [-0.05, 0) is 55.5 Å². The molecule has 4 amide bonds. The molecular weight excluding hydrogens is 579 g/mol. The molecule has 0 aromatic heterocycles. The molecule has 0 saturated carbocycles. The minimum absolute atomic E-state index is 0.0735. The number of benzene rings is 3. The van der Waals surface area contributed by atoms with Gasteiger partial charge in [0.15, 0.2) is 0 Å². The van der Waals surface area contributed by atoms with Crippen LogP contribution in [0, 0.1) is 6.92 Å². The van der Waals surface area contributed by atoms with Crippen LogP contribution in [0.3, 0.4) is 0 Å². The molecule has 3 aromatic rings. The summed E-state index contributed by atoms with van der Waals surface area (Å²) in [5.41, 5.74) is 4.29. The maximum atomic E-state index is 13.2. The lowest BCUT2D eigenvalue weighted by Gasteiger charge is -2.20. The fraction of sp³-hybridized carbons (Fsp3) is 0.290. The standard InChI is InChI=1S/C31H32Cl2N4O5/c1-3-42-30(40)26(17-35-31(41)37-25-12-11-20-9-4-5-10-22(20)25)36-29(39)27-23(32)14-21(15-24(27)33)28(38)34-16-19-8-6-7-18(2)13-19/h4-10,13-15,25-26H,3,11-12,16-17H2,1-2H3,(H,34,38)(H,36,39)(H2,35,37,41)/t25-,26+/m1/s1. The molecule has 1 aliphatic carbocycles. The van der Waals surface area contributed by atoms with Gasteiger partial charge >= 0.3 is 12.0 Å². The van der Waals surface area contributed by atoms with Gasteiger partial charge in [0.25, 0.3) is 11.8 Å². The smallest absolute Gasteiger partial charge is 0.330 e. The monoisotopic (exact) mass is 610 g/mol. The molecular formula is C31H32Cl2N4O5. The number of carbonyl (C=O) groups excluding carboxylic acids is 4. The first kappa shape index (κ1) is 30.9. The van der Waals surface area contributed by atoms with Crippen molar-refractivity contribution < 1.29 is 23.9 Å². The Morgan fingerprint density at radius 1 is 0.952 bits per heavy atom. The Morgan fingerprint density at radius 3 is 2.40 bits per heavy atom. The molecule has 3 aromatic carbocycles. The number of fused-ring (bicyclic) bond motifs is 1. The van der Waals surface area contributed by atoms with Crippen LogP contribution in [0.4, 0.5) is 4.79 Å². The lowest BCUT2D eigenvalue weighted by atomic mass is 10.1. The third kappa shape index (κ3) is 7.80. The molecule has 4 rings (SSSR count). The lowest BCUT2D eigenvalue weighted by molar-refractivity contribution is -0.145. The Hall–Kier alpha value is -4.08. The van der Waals surface area contributed by atoms with E-state index in [4.69, 9.17) is 27.9 Å². The van der Waals surface area contributed by atoms with Crippen LogP contribution in [-0.2, 0) is 22.5 Å². The van der Waals surface area contributed by atoms with Crippen molar-refractivity contribution in [1.29, 1.82) is 0 Å². The molecule has 0 bridgehead atoms. The van der Waals surface area contributed by atoms with Gasteiger partial charge in [-0.15, -0.1) is 0 Å². The van der Waals surface area contributed by atoms with E-state index in [1.165, 1.54) is 17.7 Å². The fourth-order valence-corrected chi connectivity index (χ4v) is 5.46. The van der Waals surface area contributed by atoms with Gasteiger partial charge in [-0.3, -0.25) is 9.59 Å². The number of carbonyl (C=O) groups is 4. The largest absolute Gasteiger partial charge is 0.464 e. The maximum absolute atomic E-state index is 13.2. The summed E-state index contributed by atoms with van der Waals surface area (Å²) < 4.78 is 5.09. The molecule has 220 valence electrons. The molecule has 0 fully saturated rings. The topological polar surface area (TPSA) is 126 Å². The van der Waals surface area contributed by atoms with Crippen molar-refractivity contribution >= 4 is 47.0 Å². The van der Waals surface area contributed by atoms with E-state index in [1.54, 1.807) is 6.92 Å². The molecule has 0 saturated heterocycles. The maximum Gasteiger partial charge on any atom is 0.330 e. The van der Waals surface area contributed by atoms with Gasteiger partial charge in [0.2, 0.25) is 0 Å². The minimum Gasteiger partial charge on any atom is -0.464 e. The number of hydrogen-bond acceptors (Lipinski definition) is 5. The van der Waals surface area contributed by atoms with Gasteiger partial charge in [0.1, 0.15) is 6.04 Å². The fourth-order valence-electron chi connectivity index (χ4n) is 4.81. The Kier molecular flexibility index (Phi) is 10.4. The summed E-state index contributed by atoms with van der Waals surface area (Å²) in [6.45, 7) is 3.73. The zero-order chi connectivity index (χ0) is 30.2. The predicted molar refractivity (Wildman–Crippen MR) is 161 cm³/mol. The van der Waals surface area contributed by atoms with Crippen LogP contribution in [0.15, 0.2) is 60.7 Å². The van der Waals surface area contributed by atoms with E-state index < -0.39 is 29.9 Å². The molecule has 9 nitrogen and oxygen atoms in total. The summed E-state index contributed by atoms with van der Waals surface area (Å²) in [5, 5.41) is 10.7. The van der Waals surface area contributed by atoms with Gasteiger partial charge in [0.05, 0.1) is 34.8 Å². The van der Waals surface area contributed by atoms with E-state index in [0.717, 1.165) is 29.5 Å². The molecule has 42 heavy (non-hydrogen) atoms. The first-order chi connectivity index (χ1) is 20.2. The molecule has 11 heteroatoms. The van der Waals surface area contributed by atoms with Crippen LogP contribution in [0.2, 0.25) is 10.0 Å². The number of amides is 4. The molecule has 2 atom stereocenters. The summed E-state index contributed by atoms with van der Waals surface area (Å²) in [6, 6.07) is 16.4.